The largest absolute Gasteiger partial charge is 0.483 e. The molecular weight excluding hydrogens is 438 g/mol. The van der Waals surface area contributed by atoms with Gasteiger partial charge in [-0.15, -0.1) is 0 Å². The van der Waals surface area contributed by atoms with Gasteiger partial charge in [0.05, 0.1) is 11.0 Å². The number of piperidine rings is 3. The van der Waals surface area contributed by atoms with Crippen molar-refractivity contribution < 1.29 is 19.5 Å². The molecule has 2 bridgehead atoms. The summed E-state index contributed by atoms with van der Waals surface area (Å²) in [7, 11) is 4.06. The lowest BCUT2D eigenvalue weighted by atomic mass is 9.72. The van der Waals surface area contributed by atoms with Gasteiger partial charge in [-0.05, 0) is 57.3 Å². The average molecular weight is 470 g/mol. The second-order valence-electron chi connectivity index (χ2n) is 9.59. The van der Waals surface area contributed by atoms with Crippen molar-refractivity contribution in [1.29, 1.82) is 0 Å². The third kappa shape index (κ3) is 4.54. The van der Waals surface area contributed by atoms with Gasteiger partial charge in [-0.3, -0.25) is 19.2 Å². The van der Waals surface area contributed by atoms with Crippen molar-refractivity contribution in [3.8, 4) is 0 Å². The summed E-state index contributed by atoms with van der Waals surface area (Å²) < 4.78 is 0. The van der Waals surface area contributed by atoms with Gasteiger partial charge < -0.3 is 24.8 Å². The molecule has 1 aromatic carbocycles. The van der Waals surface area contributed by atoms with E-state index in [1.165, 1.54) is 0 Å². The van der Waals surface area contributed by atoms with Crippen LogP contribution in [0.4, 0.5) is 0 Å². The Morgan fingerprint density at radius 1 is 1.24 bits per heavy atom. The van der Waals surface area contributed by atoms with Crippen LogP contribution < -0.4 is 5.56 Å². The lowest BCUT2D eigenvalue weighted by Gasteiger charge is -2.57. The lowest BCUT2D eigenvalue weighted by molar-refractivity contribution is -0.152. The van der Waals surface area contributed by atoms with Crippen LogP contribution >= 0.6 is 0 Å². The predicted molar refractivity (Wildman–Crippen MR) is 125 cm³/mol. The normalized spacial score (nSPS) is 26.0. The Labute approximate surface area is 197 Å². The molecule has 3 aliphatic rings. The van der Waals surface area contributed by atoms with Gasteiger partial charge in [-0.1, -0.05) is 12.1 Å². The maximum absolute atomic E-state index is 13.4. The Kier molecular flexibility index (Phi) is 6.97. The highest BCUT2D eigenvalue weighted by atomic mass is 16.3. The number of aromatic amines is 1. The quantitative estimate of drug-likeness (QED) is 0.643. The van der Waals surface area contributed by atoms with Crippen molar-refractivity contribution in [2.24, 2.45) is 11.8 Å². The second-order valence-corrected chi connectivity index (χ2v) is 9.59. The molecule has 5 rings (SSSR count). The fourth-order valence-corrected chi connectivity index (χ4v) is 5.87. The first-order chi connectivity index (χ1) is 16.3. The maximum Gasteiger partial charge on any atom is 0.290 e. The summed E-state index contributed by atoms with van der Waals surface area (Å²) in [6.45, 7) is 1.67. The minimum absolute atomic E-state index is 0.0422. The summed E-state index contributed by atoms with van der Waals surface area (Å²) in [4.78, 5) is 60.5. The number of nitrogens with one attached hydrogen (secondary N) is 1. The van der Waals surface area contributed by atoms with E-state index in [1.807, 2.05) is 31.1 Å². The van der Waals surface area contributed by atoms with Crippen molar-refractivity contribution in [2.75, 3.05) is 33.7 Å². The van der Waals surface area contributed by atoms with Crippen molar-refractivity contribution in [3.63, 3.8) is 0 Å². The molecular formula is C24H31N5O5. The molecule has 0 unspecified atom stereocenters. The monoisotopic (exact) mass is 469 g/mol. The first kappa shape index (κ1) is 23.9. The van der Waals surface area contributed by atoms with Gasteiger partial charge in [-0.2, -0.15) is 0 Å². The Bertz CT molecular complexity index is 1130. The second kappa shape index (κ2) is 9.92. The highest BCUT2D eigenvalue weighted by molar-refractivity contribution is 5.93. The molecule has 2 N–H and O–H groups in total. The number of carboxylic acid groups (broad SMARTS) is 1. The van der Waals surface area contributed by atoms with Crippen molar-refractivity contribution >= 4 is 29.3 Å². The number of fused-ring (bicyclic) bond motifs is 5. The molecule has 3 fully saturated rings. The van der Waals surface area contributed by atoms with Crippen LogP contribution in [0.15, 0.2) is 29.1 Å². The number of carbonyl (C=O) groups excluding carboxylic acids is 2. The number of rotatable bonds is 3. The number of para-hydroxylation sites is 2. The van der Waals surface area contributed by atoms with Gasteiger partial charge in [0.25, 0.3) is 17.9 Å². The number of H-pyrrole nitrogens is 1. The molecule has 34 heavy (non-hydrogen) atoms. The number of hydrogen-bond acceptors (Lipinski definition) is 6. The van der Waals surface area contributed by atoms with Gasteiger partial charge >= 0.3 is 0 Å². The standard InChI is InChI=1S/C23H29N5O3.CH2O2/c1-26(2)13-19-15-10-14(18-8-5-9-20(29)28(18)19)11-27(12-15)23(31)21-22(30)25-17-7-4-3-6-16(17)24-21;2-1-3/h3-4,6-7,14-15,18-19H,5,8-13H2,1-2H3,(H,25,30);1H,(H,2,3)/t14-,15+,18+,19+;/m1./s1. The molecule has 0 spiro atoms. The average Bonchev–Trinajstić information content (AvgIpc) is 2.81. The summed E-state index contributed by atoms with van der Waals surface area (Å²) in [5.41, 5.74) is 0.748. The van der Waals surface area contributed by atoms with Crippen molar-refractivity contribution in [3.05, 3.63) is 40.3 Å². The Morgan fingerprint density at radius 2 is 1.94 bits per heavy atom. The fraction of sp³-hybridized carbons (Fsp3) is 0.542. The molecule has 3 saturated heterocycles. The summed E-state index contributed by atoms with van der Waals surface area (Å²) in [6.07, 6.45) is 3.55. The first-order valence-electron chi connectivity index (χ1n) is 11.7. The number of nitrogens with zero attached hydrogens (tertiary/aromatic N) is 4. The zero-order chi connectivity index (χ0) is 24.4. The summed E-state index contributed by atoms with van der Waals surface area (Å²) in [5, 5.41) is 6.89. The van der Waals surface area contributed by atoms with E-state index >= 15 is 0 Å². The lowest BCUT2D eigenvalue weighted by Crippen LogP contribution is -2.67. The number of amides is 2. The number of carbonyl (C=O) groups is 3. The third-order valence-electron chi connectivity index (χ3n) is 7.14. The zero-order valence-corrected chi connectivity index (χ0v) is 19.5. The Morgan fingerprint density at radius 3 is 2.68 bits per heavy atom. The SMILES string of the molecule is CN(C)C[C@H]1[C@H]2C[C@H](CN(C(=O)c3nc4ccccc4[nH]c3=O)C2)[C@@H]2CCCC(=O)N21.O=CO. The summed E-state index contributed by atoms with van der Waals surface area (Å²) >= 11 is 0. The van der Waals surface area contributed by atoms with E-state index in [9.17, 15) is 14.4 Å². The van der Waals surface area contributed by atoms with E-state index in [2.05, 4.69) is 19.8 Å². The van der Waals surface area contributed by atoms with Crippen molar-refractivity contribution in [1.82, 2.24) is 24.7 Å². The van der Waals surface area contributed by atoms with Gasteiger partial charge in [0.1, 0.15) is 0 Å². The third-order valence-corrected chi connectivity index (χ3v) is 7.14. The Balaban J connectivity index is 0.000000868. The molecule has 2 aromatic rings. The molecule has 10 nitrogen and oxygen atoms in total. The molecule has 4 heterocycles. The van der Waals surface area contributed by atoms with Crippen LogP contribution in [-0.4, -0.2) is 93.9 Å². The summed E-state index contributed by atoms with van der Waals surface area (Å²) in [5.74, 6) is 0.416. The molecule has 3 aliphatic heterocycles. The molecule has 182 valence electrons. The first-order valence-corrected chi connectivity index (χ1v) is 11.7. The molecule has 0 aliphatic carbocycles. The van der Waals surface area contributed by atoms with E-state index in [0.717, 1.165) is 25.8 Å². The molecule has 2 amide bonds. The van der Waals surface area contributed by atoms with Crippen molar-refractivity contribution in [2.45, 2.75) is 37.8 Å². The van der Waals surface area contributed by atoms with Gasteiger partial charge in [-0.25, -0.2) is 4.98 Å². The van der Waals surface area contributed by atoms with E-state index in [4.69, 9.17) is 9.90 Å². The van der Waals surface area contributed by atoms with Crippen LogP contribution in [0.1, 0.15) is 36.2 Å². The summed E-state index contributed by atoms with van der Waals surface area (Å²) in [6, 6.07) is 7.53. The highest BCUT2D eigenvalue weighted by Gasteiger charge is 2.50. The van der Waals surface area contributed by atoms with Gasteiger partial charge in [0.2, 0.25) is 5.91 Å². The molecule has 0 radical (unpaired) electrons. The molecule has 4 atom stereocenters. The van der Waals surface area contributed by atoms with E-state index in [1.54, 1.807) is 12.1 Å². The highest BCUT2D eigenvalue weighted by Crippen LogP contribution is 2.41. The smallest absolute Gasteiger partial charge is 0.290 e. The van der Waals surface area contributed by atoms with Crippen LogP contribution in [0, 0.1) is 11.8 Å². The number of likely N-dealkylation sites (N-methyl/N-ethyl adjacent to an activating group) is 1. The minimum Gasteiger partial charge on any atom is -0.483 e. The van der Waals surface area contributed by atoms with Crippen LogP contribution in [0.2, 0.25) is 0 Å². The molecule has 0 saturated carbocycles. The van der Waals surface area contributed by atoms with Crippen LogP contribution in [0.5, 0.6) is 0 Å². The van der Waals surface area contributed by atoms with Crippen LogP contribution in [-0.2, 0) is 9.59 Å². The number of hydrogen-bond donors (Lipinski definition) is 2. The van der Waals surface area contributed by atoms with Gasteiger partial charge in [0, 0.05) is 38.1 Å². The number of likely N-dealkylation sites (tertiary alicyclic amines) is 1. The van der Waals surface area contributed by atoms with Crippen LogP contribution in [0.25, 0.3) is 11.0 Å². The van der Waals surface area contributed by atoms with Crippen LogP contribution in [0.3, 0.4) is 0 Å². The minimum atomic E-state index is -0.446. The fourth-order valence-electron chi connectivity index (χ4n) is 5.87. The topological polar surface area (TPSA) is 127 Å². The van der Waals surface area contributed by atoms with E-state index in [0.29, 0.717) is 30.5 Å². The maximum atomic E-state index is 13.4. The van der Waals surface area contributed by atoms with Gasteiger partial charge in [0.15, 0.2) is 5.69 Å². The molecule has 10 heteroatoms. The van der Waals surface area contributed by atoms with E-state index < -0.39 is 5.56 Å². The number of aromatic nitrogens is 2. The molecule has 1 aromatic heterocycles. The zero-order valence-electron chi connectivity index (χ0n) is 19.5. The predicted octanol–water partition coefficient (Wildman–Crippen LogP) is 1.03. The van der Waals surface area contributed by atoms with E-state index in [-0.39, 0.29) is 47.9 Å². The Hall–Kier alpha value is -3.27. The number of benzene rings is 1.